The summed E-state index contributed by atoms with van der Waals surface area (Å²) in [6, 6.07) is 12.5. The predicted molar refractivity (Wildman–Crippen MR) is 215 cm³/mol. The van der Waals surface area contributed by atoms with Crippen LogP contribution < -0.4 is 15.0 Å². The van der Waals surface area contributed by atoms with Gasteiger partial charge in [0, 0.05) is 58.8 Å². The molecule has 0 unspecified atom stereocenters. The Hall–Kier alpha value is -3.81. The number of ether oxygens (including phenoxy) is 5. The number of piperidine rings is 1. The minimum absolute atomic E-state index is 0.0185. The summed E-state index contributed by atoms with van der Waals surface area (Å²) < 4.78 is 29.5. The number of methoxy groups -OCH3 is 2. The van der Waals surface area contributed by atoms with E-state index in [4.69, 9.17) is 46.9 Å². The van der Waals surface area contributed by atoms with E-state index in [1.165, 1.54) is 15.5 Å². The number of aromatic nitrogens is 1. The molecule has 1 aromatic heterocycles. The SMILES string of the molecule is COCCCc1cc(CN(C(=O)[C@H]2CN(C(=O)OC(C)(C)C)CC[C@]2(O)c2ccn(CCOc3c(Cl)cc(C)cc3Cl)c(=O)c2)C2CC2)cc(OCCOC)c1. The zero-order valence-electron chi connectivity index (χ0n) is 33.3. The number of amides is 2. The summed E-state index contributed by atoms with van der Waals surface area (Å²) >= 11 is 12.7. The maximum atomic E-state index is 14.9. The monoisotopic (exact) mass is 815 g/mol. The number of hydrogen-bond donors (Lipinski definition) is 1. The van der Waals surface area contributed by atoms with Gasteiger partial charge in [0.25, 0.3) is 5.56 Å². The molecule has 2 aromatic carbocycles. The van der Waals surface area contributed by atoms with E-state index < -0.39 is 23.2 Å². The molecule has 1 aliphatic carbocycles. The molecule has 0 bridgehead atoms. The van der Waals surface area contributed by atoms with E-state index in [2.05, 4.69) is 6.07 Å². The van der Waals surface area contributed by atoms with Gasteiger partial charge in [0.15, 0.2) is 5.75 Å². The average molecular weight is 817 g/mol. The van der Waals surface area contributed by atoms with E-state index in [1.807, 2.05) is 19.1 Å². The molecule has 5 rings (SSSR count). The Kier molecular flexibility index (Phi) is 14.8. The molecule has 2 heterocycles. The molecule has 1 aliphatic heterocycles. The van der Waals surface area contributed by atoms with Crippen molar-refractivity contribution in [1.82, 2.24) is 14.4 Å². The number of benzene rings is 2. The lowest BCUT2D eigenvalue weighted by Gasteiger charge is -2.45. The van der Waals surface area contributed by atoms with E-state index in [1.54, 1.807) is 64.3 Å². The van der Waals surface area contributed by atoms with Crippen molar-refractivity contribution in [3.8, 4) is 11.5 Å². The second kappa shape index (κ2) is 19.1. The third-order valence-corrected chi connectivity index (χ3v) is 10.5. The van der Waals surface area contributed by atoms with E-state index in [9.17, 15) is 19.5 Å². The standard InChI is InChI=1S/C42H55Cl2N3O9/c1-28-20-35(43)38(36(44)21-28)55-17-15-45-13-11-31(25-37(45)48)42(51)12-14-46(40(50)56-41(2,3)4)27-34(42)39(49)47(32-9-10-32)26-30-22-29(8-7-16-52-5)23-33(24-30)54-19-18-53-6/h11,13,20-25,32,34,51H,7-10,12,14-19,26-27H2,1-6H3/t34-,42+/m1/s1. The first-order valence-corrected chi connectivity index (χ1v) is 19.9. The fourth-order valence-corrected chi connectivity index (χ4v) is 7.68. The zero-order chi connectivity index (χ0) is 40.6. The van der Waals surface area contributed by atoms with E-state index >= 15 is 0 Å². The predicted octanol–water partition coefficient (Wildman–Crippen LogP) is 6.78. The number of carbonyl (C=O) groups is 2. The van der Waals surface area contributed by atoms with Gasteiger partial charge in [0.2, 0.25) is 5.91 Å². The van der Waals surface area contributed by atoms with Crippen LogP contribution in [-0.4, -0.2) is 96.9 Å². The Labute approximate surface area is 339 Å². The molecule has 2 fully saturated rings. The molecule has 12 nitrogen and oxygen atoms in total. The normalized spacial score (nSPS) is 18.4. The van der Waals surface area contributed by atoms with Crippen molar-refractivity contribution < 1.29 is 38.4 Å². The van der Waals surface area contributed by atoms with Gasteiger partial charge in [-0.15, -0.1) is 0 Å². The molecule has 306 valence electrons. The molecule has 1 saturated carbocycles. The van der Waals surface area contributed by atoms with Crippen molar-refractivity contribution >= 4 is 35.2 Å². The number of hydrogen-bond acceptors (Lipinski definition) is 9. The van der Waals surface area contributed by atoms with Crippen LogP contribution in [0.2, 0.25) is 10.0 Å². The Morgan fingerprint density at radius 2 is 1.64 bits per heavy atom. The Bertz CT molecular complexity index is 1840. The van der Waals surface area contributed by atoms with Crippen molar-refractivity contribution in [2.75, 3.05) is 53.7 Å². The van der Waals surface area contributed by atoms with Gasteiger partial charge < -0.3 is 43.2 Å². The zero-order valence-corrected chi connectivity index (χ0v) is 34.8. The number of nitrogens with zero attached hydrogens (tertiary/aromatic N) is 3. The molecule has 0 spiro atoms. The van der Waals surface area contributed by atoms with Gasteiger partial charge in [0.05, 0.1) is 29.1 Å². The number of halogens is 2. The topological polar surface area (TPSA) is 129 Å². The second-order valence-corrected chi connectivity index (χ2v) is 16.4. The van der Waals surface area contributed by atoms with Crippen LogP contribution >= 0.6 is 23.2 Å². The summed E-state index contributed by atoms with van der Waals surface area (Å²) in [5.74, 6) is -0.379. The molecular formula is C42H55Cl2N3O9. The molecule has 2 aliphatic rings. The lowest BCUT2D eigenvalue weighted by Crippen LogP contribution is -2.58. The van der Waals surface area contributed by atoms with Crippen molar-refractivity contribution in [3.05, 3.63) is 91.3 Å². The fourth-order valence-electron chi connectivity index (χ4n) is 6.98. The molecule has 14 heteroatoms. The highest BCUT2D eigenvalue weighted by atomic mass is 35.5. The van der Waals surface area contributed by atoms with E-state index in [0.29, 0.717) is 46.9 Å². The van der Waals surface area contributed by atoms with E-state index in [0.717, 1.165) is 42.4 Å². The van der Waals surface area contributed by atoms with Crippen LogP contribution in [0.15, 0.2) is 53.5 Å². The summed E-state index contributed by atoms with van der Waals surface area (Å²) in [6.45, 7) is 9.24. The Morgan fingerprint density at radius 3 is 2.29 bits per heavy atom. The van der Waals surface area contributed by atoms with Crippen molar-refractivity contribution in [2.45, 2.75) is 90.1 Å². The van der Waals surface area contributed by atoms with Gasteiger partial charge in [-0.1, -0.05) is 29.3 Å². The van der Waals surface area contributed by atoms with Gasteiger partial charge >= 0.3 is 6.09 Å². The fraction of sp³-hybridized carbons (Fsp3) is 0.548. The molecule has 2 amide bonds. The molecular weight excluding hydrogens is 761 g/mol. The lowest BCUT2D eigenvalue weighted by atomic mass is 9.75. The third-order valence-electron chi connectivity index (χ3n) is 9.93. The lowest BCUT2D eigenvalue weighted by molar-refractivity contribution is -0.155. The number of aryl methyl sites for hydroxylation is 2. The number of rotatable bonds is 17. The second-order valence-electron chi connectivity index (χ2n) is 15.6. The molecule has 1 saturated heterocycles. The third kappa shape index (κ3) is 11.4. The minimum Gasteiger partial charge on any atom is -0.491 e. The van der Waals surface area contributed by atoms with Crippen LogP contribution in [0, 0.1) is 12.8 Å². The van der Waals surface area contributed by atoms with Gasteiger partial charge in [0.1, 0.15) is 30.2 Å². The summed E-state index contributed by atoms with van der Waals surface area (Å²) in [5, 5.41) is 13.4. The maximum absolute atomic E-state index is 14.9. The van der Waals surface area contributed by atoms with Gasteiger partial charge in [-0.25, -0.2) is 4.79 Å². The number of carbonyl (C=O) groups excluding carboxylic acids is 2. The highest BCUT2D eigenvalue weighted by molar-refractivity contribution is 6.37. The molecule has 1 N–H and O–H groups in total. The number of aliphatic hydroxyl groups is 1. The van der Waals surface area contributed by atoms with E-state index in [-0.39, 0.29) is 56.7 Å². The summed E-state index contributed by atoms with van der Waals surface area (Å²) in [6.07, 6.45) is 4.24. The molecule has 56 heavy (non-hydrogen) atoms. The van der Waals surface area contributed by atoms with Crippen LogP contribution in [0.4, 0.5) is 4.79 Å². The average Bonchev–Trinajstić information content (AvgIpc) is 3.97. The van der Waals surface area contributed by atoms with Crippen LogP contribution in [0.3, 0.4) is 0 Å². The van der Waals surface area contributed by atoms with Gasteiger partial charge in [-0.3, -0.25) is 9.59 Å². The minimum atomic E-state index is -1.75. The van der Waals surface area contributed by atoms with Gasteiger partial charge in [-0.05, 0) is 112 Å². The van der Waals surface area contributed by atoms with Crippen LogP contribution in [0.1, 0.15) is 68.7 Å². The van der Waals surface area contributed by atoms with Crippen LogP contribution in [-0.2, 0) is 44.1 Å². The smallest absolute Gasteiger partial charge is 0.410 e. The van der Waals surface area contributed by atoms with Crippen molar-refractivity contribution in [1.29, 1.82) is 0 Å². The van der Waals surface area contributed by atoms with Crippen molar-refractivity contribution in [2.24, 2.45) is 5.92 Å². The Balaban J connectivity index is 1.42. The van der Waals surface area contributed by atoms with Crippen molar-refractivity contribution in [3.63, 3.8) is 0 Å². The summed E-state index contributed by atoms with van der Waals surface area (Å²) in [5.41, 5.74) is 0.239. The van der Waals surface area contributed by atoms with Gasteiger partial charge in [-0.2, -0.15) is 0 Å². The first kappa shape index (κ1) is 43.3. The molecule has 0 radical (unpaired) electrons. The first-order valence-electron chi connectivity index (χ1n) is 19.2. The number of likely N-dealkylation sites (tertiary alicyclic amines) is 1. The summed E-state index contributed by atoms with van der Waals surface area (Å²) in [7, 11) is 3.29. The summed E-state index contributed by atoms with van der Waals surface area (Å²) in [4.78, 5) is 45.1. The maximum Gasteiger partial charge on any atom is 0.410 e. The Morgan fingerprint density at radius 1 is 0.946 bits per heavy atom. The molecule has 2 atom stereocenters. The largest absolute Gasteiger partial charge is 0.491 e. The first-order chi connectivity index (χ1) is 26.6. The molecule has 3 aromatic rings. The van der Waals surface area contributed by atoms with Crippen LogP contribution in [0.25, 0.3) is 0 Å². The quantitative estimate of drug-likeness (QED) is 0.147. The highest BCUT2D eigenvalue weighted by Crippen LogP contribution is 2.41. The highest BCUT2D eigenvalue weighted by Gasteiger charge is 2.51. The number of pyridine rings is 1. The van der Waals surface area contributed by atoms with Crippen LogP contribution in [0.5, 0.6) is 11.5 Å².